The lowest BCUT2D eigenvalue weighted by Gasteiger charge is -2.34. The van der Waals surface area contributed by atoms with E-state index in [1.54, 1.807) is 7.11 Å². The Hall–Kier alpha value is -4.21. The Bertz CT molecular complexity index is 2190. The number of nitrogens with one attached hydrogen (secondary N) is 2. The van der Waals surface area contributed by atoms with Gasteiger partial charge in [-0.1, -0.05) is 19.9 Å². The van der Waals surface area contributed by atoms with Gasteiger partial charge in [-0.2, -0.15) is 0 Å². The van der Waals surface area contributed by atoms with Gasteiger partial charge >= 0.3 is 5.97 Å². The van der Waals surface area contributed by atoms with Gasteiger partial charge in [-0.25, -0.2) is 4.98 Å². The molecule has 1 aromatic carbocycles. The fourth-order valence-corrected chi connectivity index (χ4v) is 10.0. The van der Waals surface area contributed by atoms with E-state index in [1.165, 1.54) is 11.3 Å². The number of cyclic esters (lactones) is 1. The van der Waals surface area contributed by atoms with Gasteiger partial charge in [0, 0.05) is 85.7 Å². The summed E-state index contributed by atoms with van der Waals surface area (Å²) in [5.41, 5.74) is 7.66. The Kier molecular flexibility index (Phi) is 12.3. The number of nitrogens with zero attached hydrogens (tertiary/aromatic N) is 5. The summed E-state index contributed by atoms with van der Waals surface area (Å²) in [5.74, 6) is -0.796. The maximum atomic E-state index is 14.2. The number of hydrogen-bond acceptors (Lipinski definition) is 12. The number of rotatable bonds is 7. The molecule has 5 atom stereocenters. The summed E-state index contributed by atoms with van der Waals surface area (Å²) >= 11 is 1.49. The standard InChI is InChI=1S/C45H59N7O6S/c1-7-52-37-14-13-28-20-30(37)32(41(52)31-21-29(24-46-40(31)27(2)56-6)51-17-15-50(5)16-18-51)23-45(3,4)26-58-44(55)34-11-8-10-33(47-34)42(53)35(22-39-48-36(28)25-59-39)49-43(54)38-12-9-19-57-38/h13-14,20-21,24-25,27,33-35,38,47H,7-12,15-19,22-23,26H2,1-6H3,(H,49,54)/t27-,33?,34-,35-,38+/m0/s1. The summed E-state index contributed by atoms with van der Waals surface area (Å²) < 4.78 is 20.2. The number of piperazine rings is 1. The van der Waals surface area contributed by atoms with Gasteiger partial charge in [0.05, 0.1) is 58.8 Å². The van der Waals surface area contributed by atoms with E-state index in [4.69, 9.17) is 24.2 Å². The molecule has 7 heterocycles. The molecule has 3 aromatic heterocycles. The van der Waals surface area contributed by atoms with Crippen molar-refractivity contribution >= 4 is 45.6 Å². The molecule has 1 unspecified atom stereocenters. The van der Waals surface area contributed by atoms with E-state index in [-0.39, 0.29) is 36.8 Å². The van der Waals surface area contributed by atoms with Crippen LogP contribution in [0.5, 0.6) is 0 Å². The zero-order valence-electron chi connectivity index (χ0n) is 35.3. The van der Waals surface area contributed by atoms with Crippen LogP contribution < -0.4 is 15.5 Å². The zero-order valence-corrected chi connectivity index (χ0v) is 36.2. The number of ether oxygens (including phenoxy) is 3. The largest absolute Gasteiger partial charge is 0.464 e. The molecule has 4 aromatic rings. The number of esters is 1. The van der Waals surface area contributed by atoms with E-state index >= 15 is 0 Å². The SMILES string of the molecule is CCn1c(-c2cc(N3CCN(C)CC3)cnc2[C@H](C)OC)c2c3cc(ccc31)-c1csc(n1)C[C@H](NC(=O)[C@H]1CCCO1)C(=O)C1CCC[C@H](N1)C(=O)OCC(C)(C)C2. The first-order valence-corrected chi connectivity index (χ1v) is 22.3. The van der Waals surface area contributed by atoms with E-state index in [1.807, 2.05) is 18.5 Å². The topological polar surface area (TPSA) is 140 Å². The molecule has 14 heteroatoms. The Balaban J connectivity index is 1.26. The molecule has 2 N–H and O–H groups in total. The van der Waals surface area contributed by atoms with Crippen molar-refractivity contribution in [2.75, 3.05) is 58.5 Å². The maximum absolute atomic E-state index is 14.2. The van der Waals surface area contributed by atoms with Crippen molar-refractivity contribution in [3.8, 4) is 22.5 Å². The first-order chi connectivity index (χ1) is 28.4. The van der Waals surface area contributed by atoms with Gasteiger partial charge < -0.3 is 33.9 Å². The highest BCUT2D eigenvalue weighted by Crippen LogP contribution is 2.43. The van der Waals surface area contributed by atoms with Gasteiger partial charge in [0.25, 0.3) is 0 Å². The quantitative estimate of drug-likeness (QED) is 0.222. The average Bonchev–Trinajstić information content (AvgIpc) is 4.02. The number of ketones is 1. The van der Waals surface area contributed by atoms with Crippen LogP contribution in [0.25, 0.3) is 33.4 Å². The molecule has 6 bridgehead atoms. The van der Waals surface area contributed by atoms with Crippen LogP contribution in [-0.2, 0) is 48.0 Å². The number of pyridine rings is 1. The number of carbonyl (C=O) groups is 3. The van der Waals surface area contributed by atoms with E-state index in [9.17, 15) is 14.4 Å². The van der Waals surface area contributed by atoms with Crippen LogP contribution in [0.3, 0.4) is 0 Å². The molecule has 3 saturated heterocycles. The third-order valence-corrected chi connectivity index (χ3v) is 13.5. The summed E-state index contributed by atoms with van der Waals surface area (Å²) in [5, 5.41) is 10.2. The third kappa shape index (κ3) is 8.70. The van der Waals surface area contributed by atoms with Gasteiger partial charge in [-0.3, -0.25) is 24.7 Å². The molecular weight excluding hydrogens is 767 g/mol. The number of aryl methyl sites for hydroxylation is 1. The summed E-state index contributed by atoms with van der Waals surface area (Å²) in [6.07, 6.45) is 5.27. The van der Waals surface area contributed by atoms with Crippen molar-refractivity contribution in [3.63, 3.8) is 0 Å². The number of Topliss-reactive ketones (excluding diaryl/α,β-unsaturated/α-hetero) is 1. The first-order valence-electron chi connectivity index (χ1n) is 21.4. The smallest absolute Gasteiger partial charge is 0.323 e. The number of benzene rings is 1. The van der Waals surface area contributed by atoms with Crippen LogP contribution in [-0.4, -0.2) is 115 Å². The van der Waals surface area contributed by atoms with Crippen molar-refractivity contribution in [1.29, 1.82) is 0 Å². The molecule has 0 spiro atoms. The second kappa shape index (κ2) is 17.4. The normalized spacial score (nSPS) is 24.8. The lowest BCUT2D eigenvalue weighted by molar-refractivity contribution is -0.150. The monoisotopic (exact) mass is 825 g/mol. The fraction of sp³-hybridized carbons (Fsp3) is 0.578. The van der Waals surface area contributed by atoms with Crippen molar-refractivity contribution < 1.29 is 28.6 Å². The summed E-state index contributed by atoms with van der Waals surface area (Å²) in [7, 11) is 3.89. The van der Waals surface area contributed by atoms with Gasteiger partial charge in [-0.15, -0.1) is 11.3 Å². The number of hydrogen-bond donors (Lipinski definition) is 2. The fourth-order valence-electron chi connectivity index (χ4n) is 9.20. The highest BCUT2D eigenvalue weighted by Gasteiger charge is 2.38. The van der Waals surface area contributed by atoms with Crippen LogP contribution in [0.2, 0.25) is 0 Å². The minimum absolute atomic E-state index is 0.153. The highest BCUT2D eigenvalue weighted by atomic mass is 32.1. The van der Waals surface area contributed by atoms with Gasteiger partial charge in [0.1, 0.15) is 12.1 Å². The van der Waals surface area contributed by atoms with Crippen LogP contribution >= 0.6 is 11.3 Å². The number of thiazole rings is 1. The Labute approximate surface area is 351 Å². The average molecular weight is 826 g/mol. The number of aromatic nitrogens is 3. The summed E-state index contributed by atoms with van der Waals surface area (Å²) in [6, 6.07) is 6.77. The second-order valence-corrected chi connectivity index (χ2v) is 18.5. The van der Waals surface area contributed by atoms with Crippen molar-refractivity contribution in [2.45, 2.75) is 110 Å². The van der Waals surface area contributed by atoms with Gasteiger partial charge in [0.2, 0.25) is 5.91 Å². The van der Waals surface area contributed by atoms with Crippen LogP contribution in [0.15, 0.2) is 35.8 Å². The maximum Gasteiger partial charge on any atom is 0.323 e. The number of anilines is 1. The van der Waals surface area contributed by atoms with E-state index in [0.717, 1.165) is 94.5 Å². The van der Waals surface area contributed by atoms with Crippen molar-refractivity contribution in [3.05, 3.63) is 52.1 Å². The number of likely N-dealkylation sites (N-methyl/N-ethyl adjacent to an activating group) is 1. The number of methoxy groups -OCH3 is 1. The Morgan fingerprint density at radius 1 is 1.10 bits per heavy atom. The predicted octanol–water partition coefficient (Wildman–Crippen LogP) is 5.72. The third-order valence-electron chi connectivity index (χ3n) is 12.6. The molecular formula is C45H59N7O6S. The molecule has 4 aliphatic rings. The van der Waals surface area contributed by atoms with Crippen molar-refractivity contribution in [1.82, 2.24) is 30.1 Å². The molecule has 8 rings (SSSR count). The molecule has 0 saturated carbocycles. The van der Waals surface area contributed by atoms with E-state index < -0.39 is 29.6 Å². The lowest BCUT2D eigenvalue weighted by Crippen LogP contribution is -2.57. The molecule has 3 fully saturated rings. The lowest BCUT2D eigenvalue weighted by atomic mass is 9.84. The summed E-state index contributed by atoms with van der Waals surface area (Å²) in [4.78, 5) is 56.4. The first kappa shape index (κ1) is 41.5. The van der Waals surface area contributed by atoms with E-state index in [2.05, 4.69) is 77.1 Å². The van der Waals surface area contributed by atoms with Crippen molar-refractivity contribution in [2.24, 2.45) is 5.41 Å². The van der Waals surface area contributed by atoms with Crippen LogP contribution in [0, 0.1) is 5.41 Å². The second-order valence-electron chi connectivity index (χ2n) is 17.5. The number of piperidine rings is 1. The van der Waals surface area contributed by atoms with E-state index in [0.29, 0.717) is 38.7 Å². The Morgan fingerprint density at radius 3 is 2.64 bits per heavy atom. The van der Waals surface area contributed by atoms with Gasteiger partial charge in [-0.05, 0) is 83.2 Å². The molecule has 316 valence electrons. The minimum atomic E-state index is -0.829. The molecule has 13 nitrogen and oxygen atoms in total. The zero-order chi connectivity index (χ0) is 41.4. The minimum Gasteiger partial charge on any atom is -0.464 e. The van der Waals surface area contributed by atoms with Crippen LogP contribution in [0.1, 0.15) is 82.2 Å². The number of amides is 1. The number of carbonyl (C=O) groups excluding carboxylic acids is 3. The number of fused-ring (bicyclic) bond motifs is 6. The van der Waals surface area contributed by atoms with Gasteiger partial charge in [0.15, 0.2) is 5.78 Å². The molecule has 1 amide bonds. The van der Waals surface area contributed by atoms with Crippen LogP contribution in [0.4, 0.5) is 5.69 Å². The predicted molar refractivity (Wildman–Crippen MR) is 230 cm³/mol. The molecule has 0 aliphatic carbocycles. The highest BCUT2D eigenvalue weighted by molar-refractivity contribution is 7.10. The summed E-state index contributed by atoms with van der Waals surface area (Å²) in [6.45, 7) is 13.8. The molecule has 0 radical (unpaired) electrons. The molecule has 59 heavy (non-hydrogen) atoms. The Morgan fingerprint density at radius 2 is 1.90 bits per heavy atom. The molecule has 4 aliphatic heterocycles.